The molecule has 0 saturated heterocycles. The van der Waals surface area contributed by atoms with Gasteiger partial charge < -0.3 is 19.5 Å². The lowest BCUT2D eigenvalue weighted by molar-refractivity contribution is 0.141. The Morgan fingerprint density at radius 1 is 1.20 bits per heavy atom. The molecule has 0 unspecified atom stereocenters. The molecule has 5 nitrogen and oxygen atoms in total. The predicted molar refractivity (Wildman–Crippen MR) is 75.3 cm³/mol. The van der Waals surface area contributed by atoms with Crippen molar-refractivity contribution in [3.05, 3.63) is 23.6 Å². The minimum Gasteiger partial charge on any atom is -0.392 e. The number of hydrogen-bond acceptors (Lipinski definition) is 5. The number of hydrogen-bond donors (Lipinski definition) is 1. The Kier molecular flexibility index (Phi) is 8.10. The highest BCUT2D eigenvalue weighted by Crippen LogP contribution is 2.18. The van der Waals surface area contributed by atoms with Crippen molar-refractivity contribution < 1.29 is 19.0 Å². The number of aromatic nitrogens is 1. The molecule has 0 aliphatic carbocycles. The molecule has 0 atom stereocenters. The molecule has 0 fully saturated rings. The fourth-order valence-corrected chi connectivity index (χ4v) is 1.84. The summed E-state index contributed by atoms with van der Waals surface area (Å²) in [4.78, 5) is 6.03. The molecule has 0 aliphatic heterocycles. The number of pyridine rings is 1. The summed E-state index contributed by atoms with van der Waals surface area (Å²) >= 11 is 0. The Hall–Kier alpha value is -1.24. The molecule has 1 heterocycles. The van der Waals surface area contributed by atoms with E-state index in [9.17, 15) is 9.50 Å². The van der Waals surface area contributed by atoms with Gasteiger partial charge in [0.15, 0.2) is 0 Å². The van der Waals surface area contributed by atoms with Gasteiger partial charge in [0.05, 0.1) is 26.0 Å². The topological polar surface area (TPSA) is 54.8 Å². The average molecular weight is 286 g/mol. The van der Waals surface area contributed by atoms with Gasteiger partial charge in [-0.2, -0.15) is 0 Å². The van der Waals surface area contributed by atoms with E-state index in [1.165, 1.54) is 6.07 Å². The highest BCUT2D eigenvalue weighted by molar-refractivity contribution is 5.46. The van der Waals surface area contributed by atoms with E-state index in [4.69, 9.17) is 9.47 Å². The zero-order valence-corrected chi connectivity index (χ0v) is 12.1. The zero-order valence-electron chi connectivity index (χ0n) is 12.1. The first kappa shape index (κ1) is 16.8. The quantitative estimate of drug-likeness (QED) is 0.662. The lowest BCUT2D eigenvalue weighted by atomic mass is 10.2. The average Bonchev–Trinajstić information content (AvgIpc) is 2.46. The van der Waals surface area contributed by atoms with Gasteiger partial charge in [-0.15, -0.1) is 0 Å². The third kappa shape index (κ3) is 5.40. The largest absolute Gasteiger partial charge is 0.392 e. The SMILES string of the molecule is CCOCCN(CCOCC)c1ncc(F)cc1CO. The second-order valence-corrected chi connectivity index (χ2v) is 4.18. The van der Waals surface area contributed by atoms with E-state index in [-0.39, 0.29) is 6.61 Å². The van der Waals surface area contributed by atoms with Crippen LogP contribution in [0.1, 0.15) is 19.4 Å². The number of aliphatic hydroxyl groups is 1. The van der Waals surface area contributed by atoms with Gasteiger partial charge in [0.1, 0.15) is 11.6 Å². The van der Waals surface area contributed by atoms with E-state index >= 15 is 0 Å². The van der Waals surface area contributed by atoms with Gasteiger partial charge in [-0.3, -0.25) is 0 Å². The van der Waals surface area contributed by atoms with Gasteiger partial charge in [0, 0.05) is 31.9 Å². The van der Waals surface area contributed by atoms with Crippen molar-refractivity contribution in [2.24, 2.45) is 0 Å². The van der Waals surface area contributed by atoms with Crippen molar-refractivity contribution in [2.45, 2.75) is 20.5 Å². The predicted octanol–water partition coefficient (Wildman–Crippen LogP) is 1.59. The molecule has 1 aromatic heterocycles. The van der Waals surface area contributed by atoms with Crippen LogP contribution in [0.4, 0.5) is 10.2 Å². The van der Waals surface area contributed by atoms with Crippen LogP contribution in [0, 0.1) is 5.82 Å². The first-order valence-corrected chi connectivity index (χ1v) is 6.88. The van der Waals surface area contributed by atoms with Gasteiger partial charge >= 0.3 is 0 Å². The van der Waals surface area contributed by atoms with Crippen molar-refractivity contribution in [1.29, 1.82) is 0 Å². The number of halogens is 1. The Morgan fingerprint density at radius 2 is 1.80 bits per heavy atom. The van der Waals surface area contributed by atoms with E-state index in [1.807, 2.05) is 18.7 Å². The molecule has 114 valence electrons. The normalized spacial score (nSPS) is 10.8. The van der Waals surface area contributed by atoms with E-state index in [1.54, 1.807) is 0 Å². The third-order valence-corrected chi connectivity index (χ3v) is 2.80. The Labute approximate surface area is 119 Å². The molecule has 0 aliphatic rings. The number of rotatable bonds is 10. The Bertz CT molecular complexity index is 381. The first-order chi connectivity index (χ1) is 9.72. The molecule has 20 heavy (non-hydrogen) atoms. The van der Waals surface area contributed by atoms with Crippen LogP contribution in [-0.2, 0) is 16.1 Å². The van der Waals surface area contributed by atoms with Gasteiger partial charge in [0.25, 0.3) is 0 Å². The van der Waals surface area contributed by atoms with Crippen molar-refractivity contribution in [3.8, 4) is 0 Å². The molecule has 1 rings (SSSR count). The second-order valence-electron chi connectivity index (χ2n) is 4.18. The molecule has 0 bridgehead atoms. The van der Waals surface area contributed by atoms with Crippen LogP contribution in [0.25, 0.3) is 0 Å². The molecule has 1 N–H and O–H groups in total. The van der Waals surface area contributed by atoms with Crippen molar-refractivity contribution in [1.82, 2.24) is 4.98 Å². The van der Waals surface area contributed by atoms with Crippen LogP contribution < -0.4 is 4.90 Å². The van der Waals surface area contributed by atoms with Crippen LogP contribution in [-0.4, -0.2) is 49.6 Å². The highest BCUT2D eigenvalue weighted by Gasteiger charge is 2.13. The van der Waals surface area contributed by atoms with Crippen molar-refractivity contribution in [2.75, 3.05) is 44.4 Å². The Morgan fingerprint density at radius 3 is 2.30 bits per heavy atom. The number of anilines is 1. The van der Waals surface area contributed by atoms with Crippen molar-refractivity contribution in [3.63, 3.8) is 0 Å². The van der Waals surface area contributed by atoms with Crippen LogP contribution in [0.2, 0.25) is 0 Å². The summed E-state index contributed by atoms with van der Waals surface area (Å²) in [6, 6.07) is 1.30. The molecule has 1 aromatic rings. The number of nitrogens with zero attached hydrogens (tertiary/aromatic N) is 2. The summed E-state index contributed by atoms with van der Waals surface area (Å²) in [6.45, 7) is 7.23. The summed E-state index contributed by atoms with van der Waals surface area (Å²) in [6.07, 6.45) is 1.16. The third-order valence-electron chi connectivity index (χ3n) is 2.80. The smallest absolute Gasteiger partial charge is 0.142 e. The minimum atomic E-state index is -0.452. The van der Waals surface area contributed by atoms with E-state index in [0.29, 0.717) is 50.9 Å². The van der Waals surface area contributed by atoms with Gasteiger partial charge in [-0.25, -0.2) is 9.37 Å². The molecule has 0 radical (unpaired) electrons. The maximum absolute atomic E-state index is 13.2. The van der Waals surface area contributed by atoms with Gasteiger partial charge in [-0.05, 0) is 19.9 Å². The van der Waals surface area contributed by atoms with Crippen LogP contribution in [0.5, 0.6) is 0 Å². The summed E-state index contributed by atoms with van der Waals surface area (Å²) in [7, 11) is 0. The van der Waals surface area contributed by atoms with Crippen LogP contribution in [0.3, 0.4) is 0 Å². The van der Waals surface area contributed by atoms with Gasteiger partial charge in [0.2, 0.25) is 0 Å². The molecule has 0 aromatic carbocycles. The summed E-state index contributed by atoms with van der Waals surface area (Å²) in [5.74, 6) is 0.126. The fourth-order valence-electron chi connectivity index (χ4n) is 1.84. The summed E-state index contributed by atoms with van der Waals surface area (Å²) in [5, 5.41) is 9.34. The molecule has 0 amide bonds. The molecule has 6 heteroatoms. The first-order valence-electron chi connectivity index (χ1n) is 6.88. The second kappa shape index (κ2) is 9.63. The van der Waals surface area contributed by atoms with E-state index in [2.05, 4.69) is 4.98 Å². The summed E-state index contributed by atoms with van der Waals surface area (Å²) < 4.78 is 23.9. The van der Waals surface area contributed by atoms with Crippen LogP contribution in [0.15, 0.2) is 12.3 Å². The number of aliphatic hydroxyl groups excluding tert-OH is 1. The standard InChI is InChI=1S/C14H23FN2O3/c1-3-19-7-5-17(6-8-20-4-2)14-12(11-18)9-13(15)10-16-14/h9-10,18H,3-8,11H2,1-2H3. The van der Waals surface area contributed by atoms with Gasteiger partial charge in [-0.1, -0.05) is 0 Å². The van der Waals surface area contributed by atoms with Crippen LogP contribution >= 0.6 is 0 Å². The molecule has 0 spiro atoms. The highest BCUT2D eigenvalue weighted by atomic mass is 19.1. The van der Waals surface area contributed by atoms with E-state index in [0.717, 1.165) is 6.20 Å². The maximum atomic E-state index is 13.2. The fraction of sp³-hybridized carbons (Fsp3) is 0.643. The monoisotopic (exact) mass is 286 g/mol. The molecular weight excluding hydrogens is 263 g/mol. The molecule has 0 saturated carbocycles. The minimum absolute atomic E-state index is 0.250. The van der Waals surface area contributed by atoms with Crippen molar-refractivity contribution >= 4 is 5.82 Å². The lowest BCUT2D eigenvalue weighted by Crippen LogP contribution is -2.32. The zero-order chi connectivity index (χ0) is 14.8. The summed E-state index contributed by atoms with van der Waals surface area (Å²) in [5.41, 5.74) is 0.470. The van der Waals surface area contributed by atoms with E-state index < -0.39 is 5.82 Å². The lowest BCUT2D eigenvalue weighted by Gasteiger charge is -2.25. The maximum Gasteiger partial charge on any atom is 0.142 e. The number of ether oxygens (including phenoxy) is 2. The Balaban J connectivity index is 2.78. The molecular formula is C14H23FN2O3.